The maximum atomic E-state index is 4.89. The van der Waals surface area contributed by atoms with E-state index in [9.17, 15) is 0 Å². The maximum absolute atomic E-state index is 4.89. The van der Waals surface area contributed by atoms with Crippen LogP contribution in [0.1, 0.15) is 13.8 Å². The smallest absolute Gasteiger partial charge is 0.146 e. The van der Waals surface area contributed by atoms with Crippen LogP contribution in [-0.2, 0) is 4.43 Å². The van der Waals surface area contributed by atoms with Gasteiger partial charge in [-0.3, -0.25) is 0 Å². The highest BCUT2D eigenvalue weighted by atomic mass is 29.5. The van der Waals surface area contributed by atoms with E-state index in [-0.39, 0.29) is 0 Å². The molecule has 0 radical (unpaired) electrons. The SMILES string of the molecule is CC(C)O[SiH3].C[SiH2][SiH2][SiH3]. The van der Waals surface area contributed by atoms with E-state index >= 15 is 0 Å². The van der Waals surface area contributed by atoms with E-state index in [1.54, 1.807) is 9.76 Å². The van der Waals surface area contributed by atoms with Crippen LogP contribution < -0.4 is 0 Å². The van der Waals surface area contributed by atoms with Gasteiger partial charge in [0, 0.05) is 15.1 Å². The van der Waals surface area contributed by atoms with Crippen LogP contribution in [0.25, 0.3) is 0 Å². The molecule has 9 heavy (non-hydrogen) atoms. The molecule has 0 spiro atoms. The van der Waals surface area contributed by atoms with Crippen LogP contribution >= 0.6 is 0 Å². The lowest BCUT2D eigenvalue weighted by molar-refractivity contribution is 0.267. The maximum Gasteiger partial charge on any atom is 0.146 e. The van der Waals surface area contributed by atoms with Crippen molar-refractivity contribution >= 4 is 37.8 Å². The molecular weight excluding hydrogens is 176 g/mol. The summed E-state index contributed by atoms with van der Waals surface area (Å²) in [4.78, 5) is 0. The van der Waals surface area contributed by atoms with Crippen LogP contribution in [0.5, 0.6) is 0 Å². The minimum atomic E-state index is 0.446. The Morgan fingerprint density at radius 1 is 1.44 bits per heavy atom. The van der Waals surface area contributed by atoms with Gasteiger partial charge in [-0.15, -0.1) is 0 Å². The fraction of sp³-hybridized carbons (Fsp3) is 1.00. The molecule has 0 N–H and O–H groups in total. The topological polar surface area (TPSA) is 9.23 Å². The van der Waals surface area contributed by atoms with Crippen LogP contribution in [0.2, 0.25) is 6.55 Å². The molecule has 0 aromatic heterocycles. The standard InChI is InChI=1S/C3H10OSi.CH10Si3/c1-3(2)4-5;1-3-4-2/h3H,1-2,5H3;3-4H2,1-2H3. The van der Waals surface area contributed by atoms with Crippen molar-refractivity contribution in [1.82, 2.24) is 0 Å². The van der Waals surface area contributed by atoms with Crippen LogP contribution in [0.4, 0.5) is 0 Å². The molecule has 0 aliphatic carbocycles. The molecule has 0 aliphatic rings. The summed E-state index contributed by atoms with van der Waals surface area (Å²) in [6.07, 6.45) is 0.446. The van der Waals surface area contributed by atoms with Crippen LogP contribution in [0.3, 0.4) is 0 Å². The van der Waals surface area contributed by atoms with Gasteiger partial charge in [0.1, 0.15) is 10.5 Å². The van der Waals surface area contributed by atoms with Crippen molar-refractivity contribution in [2.24, 2.45) is 0 Å². The molecule has 0 atom stereocenters. The first-order chi connectivity index (χ1) is 4.18. The third-order valence-electron chi connectivity index (χ3n) is 0.971. The van der Waals surface area contributed by atoms with Gasteiger partial charge in [0.25, 0.3) is 0 Å². The van der Waals surface area contributed by atoms with E-state index in [4.69, 9.17) is 4.43 Å². The van der Waals surface area contributed by atoms with Crippen LogP contribution in [-0.4, -0.2) is 43.9 Å². The molecular formula is C4H20OSi4. The van der Waals surface area contributed by atoms with E-state index in [2.05, 4.69) is 6.55 Å². The van der Waals surface area contributed by atoms with Gasteiger partial charge in [0.2, 0.25) is 0 Å². The zero-order valence-electron chi connectivity index (χ0n) is 7.40. The molecule has 0 rings (SSSR count). The molecule has 0 heterocycles. The second-order valence-corrected chi connectivity index (χ2v) is 19.8. The Morgan fingerprint density at radius 3 is 1.67 bits per heavy atom. The number of rotatable bonds is 2. The zero-order valence-corrected chi connectivity index (χ0v) is 14.2. The second-order valence-electron chi connectivity index (χ2n) is 2.28. The molecule has 0 amide bonds. The minimum absolute atomic E-state index is 0.446. The molecule has 0 fully saturated rings. The summed E-state index contributed by atoms with van der Waals surface area (Å²) >= 11 is 0. The average Bonchev–Trinajstić information content (AvgIpc) is 1.89. The lowest BCUT2D eigenvalue weighted by Gasteiger charge is -1.95. The fourth-order valence-corrected chi connectivity index (χ4v) is 0. The highest BCUT2D eigenvalue weighted by Gasteiger charge is 1.77. The monoisotopic (exact) mass is 196 g/mol. The lowest BCUT2D eigenvalue weighted by Crippen LogP contribution is -1.95. The van der Waals surface area contributed by atoms with Gasteiger partial charge < -0.3 is 4.43 Å². The molecule has 1 nitrogen and oxygen atoms in total. The highest BCUT2D eigenvalue weighted by molar-refractivity contribution is 7.23. The summed E-state index contributed by atoms with van der Waals surface area (Å²) in [5.74, 6) is 0. The Balaban J connectivity index is 0. The number of hydrogen-bond donors (Lipinski definition) is 0. The van der Waals surface area contributed by atoms with Crippen molar-refractivity contribution in [2.75, 3.05) is 0 Å². The van der Waals surface area contributed by atoms with Crippen molar-refractivity contribution in [3.63, 3.8) is 0 Å². The van der Waals surface area contributed by atoms with Crippen molar-refractivity contribution in [2.45, 2.75) is 26.5 Å². The van der Waals surface area contributed by atoms with Gasteiger partial charge in [-0.05, 0) is 32.2 Å². The predicted octanol–water partition coefficient (Wildman–Crippen LogP) is -2.74. The number of hydrogen-bond acceptors (Lipinski definition) is 1. The molecule has 0 unspecified atom stereocenters. The second kappa shape index (κ2) is 11.6. The third kappa shape index (κ3) is 28.1. The molecule has 0 saturated heterocycles. The van der Waals surface area contributed by atoms with E-state index in [1.165, 1.54) is 0 Å². The third-order valence-corrected chi connectivity index (χ3v) is 14.9. The van der Waals surface area contributed by atoms with E-state index in [0.717, 1.165) is 10.5 Å². The zero-order chi connectivity index (χ0) is 7.70. The Morgan fingerprint density at radius 2 is 1.67 bits per heavy atom. The fourth-order valence-electron chi connectivity index (χ4n) is 0. The Labute approximate surface area is 69.1 Å². The summed E-state index contributed by atoms with van der Waals surface area (Å²) in [5.41, 5.74) is 0. The van der Waals surface area contributed by atoms with Crippen molar-refractivity contribution in [3.05, 3.63) is 0 Å². The van der Waals surface area contributed by atoms with Crippen LogP contribution in [0.15, 0.2) is 0 Å². The molecule has 0 saturated carbocycles. The average molecular weight is 197 g/mol. The lowest BCUT2D eigenvalue weighted by atomic mass is 10.5. The Hall–Kier alpha value is 0.828. The normalized spacial score (nSPS) is 12.0. The van der Waals surface area contributed by atoms with E-state index in [1.807, 2.05) is 13.8 Å². The quantitative estimate of drug-likeness (QED) is 0.436. The summed E-state index contributed by atoms with van der Waals surface area (Å²) in [6, 6.07) is 0. The summed E-state index contributed by atoms with van der Waals surface area (Å²) in [7, 11) is 3.79. The van der Waals surface area contributed by atoms with Gasteiger partial charge in [0.15, 0.2) is 0 Å². The molecule has 5 heteroatoms. The van der Waals surface area contributed by atoms with Gasteiger partial charge in [-0.1, -0.05) is 6.55 Å². The molecule has 0 aromatic rings. The predicted molar refractivity (Wildman–Crippen MR) is 59.1 cm³/mol. The van der Waals surface area contributed by atoms with Crippen molar-refractivity contribution in [1.29, 1.82) is 0 Å². The van der Waals surface area contributed by atoms with Gasteiger partial charge in [0.05, 0.1) is 0 Å². The van der Waals surface area contributed by atoms with Crippen molar-refractivity contribution < 1.29 is 4.43 Å². The summed E-state index contributed by atoms with van der Waals surface area (Å²) in [5, 5.41) is 0. The highest BCUT2D eigenvalue weighted by Crippen LogP contribution is 1.76. The minimum Gasteiger partial charge on any atom is -0.426 e. The Kier molecular flexibility index (Phi) is 16.1. The van der Waals surface area contributed by atoms with Gasteiger partial charge in [-0.2, -0.15) is 0 Å². The summed E-state index contributed by atoms with van der Waals surface area (Å²) in [6.45, 7) is 6.49. The Bertz CT molecular complexity index is 39.5. The first kappa shape index (κ1) is 12.5. The molecule has 0 aliphatic heterocycles. The molecule has 58 valence electrons. The molecule has 0 aromatic carbocycles. The first-order valence-electron chi connectivity index (χ1n) is 3.71. The molecule has 0 bridgehead atoms. The van der Waals surface area contributed by atoms with E-state index < -0.39 is 0 Å². The van der Waals surface area contributed by atoms with E-state index in [0.29, 0.717) is 23.7 Å². The summed E-state index contributed by atoms with van der Waals surface area (Å²) < 4.78 is 4.89. The van der Waals surface area contributed by atoms with Gasteiger partial charge in [-0.25, -0.2) is 0 Å². The van der Waals surface area contributed by atoms with Crippen LogP contribution in [0, 0.1) is 0 Å². The van der Waals surface area contributed by atoms with Crippen molar-refractivity contribution in [3.8, 4) is 0 Å². The van der Waals surface area contributed by atoms with Gasteiger partial charge >= 0.3 is 0 Å². The first-order valence-corrected chi connectivity index (χ1v) is 15.6. The largest absolute Gasteiger partial charge is 0.426 e.